The number of aromatic nitrogens is 4. The molecule has 0 bridgehead atoms. The minimum Gasteiger partial charge on any atom is -0.307 e. The minimum absolute atomic E-state index is 0.711. The van der Waals surface area contributed by atoms with Crippen molar-refractivity contribution in [2.24, 2.45) is 0 Å². The Morgan fingerprint density at radius 2 is 1.62 bits per heavy atom. The Hall–Kier alpha value is -2.27. The number of unbranched alkanes of at least 4 members (excludes halogenated alkanes) is 1. The number of hydrogen-bond donors (Lipinski definition) is 0. The van der Waals surface area contributed by atoms with Crippen molar-refractivity contribution in [1.82, 2.24) is 19.5 Å². The zero-order valence-corrected chi connectivity index (χ0v) is 15.0. The number of hydrogen-bond acceptors (Lipinski definition) is 3. The number of nitrogens with zero attached hydrogens (tertiary/aromatic N) is 4. The lowest BCUT2D eigenvalue weighted by atomic mass is 10.2. The van der Waals surface area contributed by atoms with E-state index in [4.69, 9.17) is 15.0 Å². The average molecular weight is 381 g/mol. The largest absolute Gasteiger partial charge is 0.307 e. The fourth-order valence-corrected chi connectivity index (χ4v) is 3.11. The lowest BCUT2D eigenvalue weighted by Crippen LogP contribution is -2.02. The van der Waals surface area contributed by atoms with Crippen LogP contribution in [0.25, 0.3) is 33.7 Å². The lowest BCUT2D eigenvalue weighted by Gasteiger charge is -2.08. The highest BCUT2D eigenvalue weighted by Gasteiger charge is 2.15. The first kappa shape index (κ1) is 15.3. The molecule has 24 heavy (non-hydrogen) atoms. The van der Waals surface area contributed by atoms with Gasteiger partial charge in [0.1, 0.15) is 5.82 Å². The molecule has 0 saturated heterocycles. The van der Waals surface area contributed by atoms with Crippen LogP contribution in [0.1, 0.15) is 19.8 Å². The first-order valence-electron chi connectivity index (χ1n) is 8.15. The molecule has 2 heterocycles. The van der Waals surface area contributed by atoms with Crippen LogP contribution in [0.3, 0.4) is 0 Å². The van der Waals surface area contributed by atoms with Crippen molar-refractivity contribution < 1.29 is 0 Å². The highest BCUT2D eigenvalue weighted by atomic mass is 79.9. The monoisotopic (exact) mass is 380 g/mol. The first-order valence-corrected chi connectivity index (χ1v) is 8.94. The van der Waals surface area contributed by atoms with Crippen molar-refractivity contribution in [3.8, 4) is 11.4 Å². The molecule has 0 saturated carbocycles. The third-order valence-electron chi connectivity index (χ3n) is 4.10. The van der Waals surface area contributed by atoms with Crippen LogP contribution < -0.4 is 0 Å². The topological polar surface area (TPSA) is 43.6 Å². The Labute approximate surface area is 148 Å². The van der Waals surface area contributed by atoms with E-state index in [0.717, 1.165) is 51.9 Å². The second-order valence-corrected chi connectivity index (χ2v) is 6.72. The van der Waals surface area contributed by atoms with Gasteiger partial charge in [0, 0.05) is 16.6 Å². The van der Waals surface area contributed by atoms with Gasteiger partial charge in [0.2, 0.25) is 0 Å². The molecule has 2 aromatic carbocycles. The lowest BCUT2D eigenvalue weighted by molar-refractivity contribution is 0.647. The van der Waals surface area contributed by atoms with Crippen LogP contribution >= 0.6 is 15.9 Å². The van der Waals surface area contributed by atoms with Crippen molar-refractivity contribution in [2.45, 2.75) is 26.3 Å². The standard InChI is InChI=1S/C19H17BrN4/c1-2-3-12-24-18(13-8-10-14(20)11-9-13)23-17-19(24)22-16-7-5-4-6-15(16)21-17/h4-11H,2-3,12H2,1H3. The molecule has 0 N–H and O–H groups in total. The molecule has 0 spiro atoms. The quantitative estimate of drug-likeness (QED) is 0.488. The average Bonchev–Trinajstić information content (AvgIpc) is 2.96. The molecule has 0 amide bonds. The van der Waals surface area contributed by atoms with Gasteiger partial charge in [-0.15, -0.1) is 0 Å². The number of imidazole rings is 1. The Kier molecular flexibility index (Phi) is 4.02. The van der Waals surface area contributed by atoms with Gasteiger partial charge in [-0.25, -0.2) is 15.0 Å². The van der Waals surface area contributed by atoms with E-state index in [-0.39, 0.29) is 0 Å². The van der Waals surface area contributed by atoms with Gasteiger partial charge in [-0.3, -0.25) is 0 Å². The summed E-state index contributed by atoms with van der Waals surface area (Å²) in [5.41, 5.74) is 4.44. The zero-order valence-electron chi connectivity index (χ0n) is 13.4. The molecule has 0 aliphatic heterocycles. The molecule has 0 aliphatic rings. The third kappa shape index (κ3) is 2.69. The van der Waals surface area contributed by atoms with Gasteiger partial charge < -0.3 is 4.57 Å². The van der Waals surface area contributed by atoms with Gasteiger partial charge in [-0.05, 0) is 30.7 Å². The summed E-state index contributed by atoms with van der Waals surface area (Å²) in [7, 11) is 0. The first-order chi connectivity index (χ1) is 11.8. The van der Waals surface area contributed by atoms with Crippen LogP contribution in [0.5, 0.6) is 0 Å². The summed E-state index contributed by atoms with van der Waals surface area (Å²) >= 11 is 3.49. The van der Waals surface area contributed by atoms with E-state index >= 15 is 0 Å². The molecule has 0 fully saturated rings. The van der Waals surface area contributed by atoms with Crippen LogP contribution in [0.15, 0.2) is 53.0 Å². The van der Waals surface area contributed by atoms with Crippen molar-refractivity contribution in [1.29, 1.82) is 0 Å². The molecule has 120 valence electrons. The van der Waals surface area contributed by atoms with Crippen LogP contribution in [0.4, 0.5) is 0 Å². The predicted molar refractivity (Wildman–Crippen MR) is 101 cm³/mol. The summed E-state index contributed by atoms with van der Waals surface area (Å²) in [6, 6.07) is 16.2. The van der Waals surface area contributed by atoms with E-state index in [1.54, 1.807) is 0 Å². The van der Waals surface area contributed by atoms with E-state index in [1.165, 1.54) is 0 Å². The maximum atomic E-state index is 4.82. The van der Waals surface area contributed by atoms with Crippen LogP contribution in [-0.4, -0.2) is 19.5 Å². The maximum Gasteiger partial charge on any atom is 0.198 e. The third-order valence-corrected chi connectivity index (χ3v) is 4.62. The van der Waals surface area contributed by atoms with Crippen molar-refractivity contribution >= 4 is 38.3 Å². The SMILES string of the molecule is CCCCn1c(-c2ccc(Br)cc2)nc2nc3ccccc3nc21. The molecule has 4 aromatic rings. The summed E-state index contributed by atoms with van der Waals surface area (Å²) in [4.78, 5) is 14.3. The number of fused-ring (bicyclic) bond motifs is 2. The predicted octanol–water partition coefficient (Wildman–Crippen LogP) is 5.21. The molecule has 0 unspecified atom stereocenters. The van der Waals surface area contributed by atoms with Gasteiger partial charge in [0.25, 0.3) is 0 Å². The maximum absolute atomic E-state index is 4.82. The molecule has 2 aromatic heterocycles. The molecule has 0 atom stereocenters. The van der Waals surface area contributed by atoms with Crippen molar-refractivity contribution in [3.63, 3.8) is 0 Å². The van der Waals surface area contributed by atoms with E-state index in [1.807, 2.05) is 36.4 Å². The second kappa shape index (κ2) is 6.32. The molecule has 4 nitrogen and oxygen atoms in total. The van der Waals surface area contributed by atoms with E-state index in [2.05, 4.69) is 39.6 Å². The van der Waals surface area contributed by atoms with Gasteiger partial charge in [-0.2, -0.15) is 0 Å². The fourth-order valence-electron chi connectivity index (χ4n) is 2.85. The van der Waals surface area contributed by atoms with Crippen LogP contribution in [0.2, 0.25) is 0 Å². The summed E-state index contributed by atoms with van der Waals surface area (Å²) in [6.45, 7) is 3.09. The molecule has 4 rings (SSSR count). The Balaban J connectivity index is 1.96. The van der Waals surface area contributed by atoms with Crippen molar-refractivity contribution in [3.05, 3.63) is 53.0 Å². The Morgan fingerprint density at radius 3 is 2.33 bits per heavy atom. The summed E-state index contributed by atoms with van der Waals surface area (Å²) in [5.74, 6) is 0.932. The van der Waals surface area contributed by atoms with Gasteiger partial charge in [-0.1, -0.05) is 53.5 Å². The normalized spacial score (nSPS) is 11.4. The van der Waals surface area contributed by atoms with E-state index in [0.29, 0.717) is 5.65 Å². The Morgan fingerprint density at radius 1 is 0.917 bits per heavy atom. The van der Waals surface area contributed by atoms with Crippen LogP contribution in [0, 0.1) is 0 Å². The summed E-state index contributed by atoms with van der Waals surface area (Å²) in [5, 5.41) is 0. The number of halogens is 1. The highest BCUT2D eigenvalue weighted by Crippen LogP contribution is 2.26. The van der Waals surface area contributed by atoms with Gasteiger partial charge in [0.05, 0.1) is 11.0 Å². The highest BCUT2D eigenvalue weighted by molar-refractivity contribution is 9.10. The summed E-state index contributed by atoms with van der Waals surface area (Å²) in [6.07, 6.45) is 2.21. The van der Waals surface area contributed by atoms with Crippen molar-refractivity contribution in [2.75, 3.05) is 0 Å². The minimum atomic E-state index is 0.711. The molecular formula is C19H17BrN4. The van der Waals surface area contributed by atoms with Gasteiger partial charge in [0.15, 0.2) is 11.3 Å². The fraction of sp³-hybridized carbons (Fsp3) is 0.211. The van der Waals surface area contributed by atoms with E-state index < -0.39 is 0 Å². The number of rotatable bonds is 4. The van der Waals surface area contributed by atoms with E-state index in [9.17, 15) is 0 Å². The summed E-state index contributed by atoms with van der Waals surface area (Å²) < 4.78 is 3.26. The smallest absolute Gasteiger partial charge is 0.198 e. The molecule has 5 heteroatoms. The number of aryl methyl sites for hydroxylation is 1. The number of para-hydroxylation sites is 2. The second-order valence-electron chi connectivity index (χ2n) is 5.81. The molecular weight excluding hydrogens is 364 g/mol. The van der Waals surface area contributed by atoms with Crippen LogP contribution in [-0.2, 0) is 6.54 Å². The number of benzene rings is 2. The zero-order chi connectivity index (χ0) is 16.5. The van der Waals surface area contributed by atoms with Gasteiger partial charge >= 0.3 is 0 Å². The molecule has 0 aliphatic carbocycles. The Bertz CT molecular complexity index is 1010. The molecule has 0 radical (unpaired) electrons.